The van der Waals surface area contributed by atoms with Gasteiger partial charge in [0.05, 0.1) is 18.6 Å². The summed E-state index contributed by atoms with van der Waals surface area (Å²) in [7, 11) is 0. The Hall–Kier alpha value is -2.59. The summed E-state index contributed by atoms with van der Waals surface area (Å²) in [6.07, 6.45) is -0.242. The molecule has 152 valence electrons. The molecule has 2 amide bonds. The van der Waals surface area contributed by atoms with E-state index in [2.05, 4.69) is 10.6 Å². The Morgan fingerprint density at radius 1 is 1.36 bits per heavy atom. The van der Waals surface area contributed by atoms with Crippen molar-refractivity contribution < 1.29 is 28.2 Å². The Labute approximate surface area is 167 Å². The van der Waals surface area contributed by atoms with Gasteiger partial charge in [0.25, 0.3) is 5.91 Å². The van der Waals surface area contributed by atoms with Crippen LogP contribution in [0.15, 0.2) is 24.3 Å². The summed E-state index contributed by atoms with van der Waals surface area (Å²) in [6, 6.07) is 4.54. The van der Waals surface area contributed by atoms with Gasteiger partial charge in [-0.1, -0.05) is 12.1 Å². The summed E-state index contributed by atoms with van der Waals surface area (Å²) < 4.78 is 23.9. The SMILES string of the molecule is CCOCCOC(=O)CC1C(=O)NCCN1C(=S)NC(=O)c1ccccc1F. The number of thiocarbonyl (C=S) groups is 1. The Balaban J connectivity index is 1.99. The molecule has 1 aromatic rings. The molecule has 1 aliphatic heterocycles. The van der Waals surface area contributed by atoms with Crippen LogP contribution in [-0.2, 0) is 19.1 Å². The van der Waals surface area contributed by atoms with E-state index in [1.54, 1.807) is 0 Å². The number of hydrogen-bond donors (Lipinski definition) is 2. The third-order valence-electron chi connectivity index (χ3n) is 3.99. The van der Waals surface area contributed by atoms with E-state index in [1.165, 1.54) is 23.1 Å². The van der Waals surface area contributed by atoms with Gasteiger partial charge in [0.15, 0.2) is 5.11 Å². The molecule has 28 heavy (non-hydrogen) atoms. The maximum absolute atomic E-state index is 13.8. The predicted molar refractivity (Wildman–Crippen MR) is 102 cm³/mol. The Bertz CT molecular complexity index is 746. The van der Waals surface area contributed by atoms with Gasteiger partial charge in [0, 0.05) is 19.7 Å². The molecule has 2 N–H and O–H groups in total. The van der Waals surface area contributed by atoms with Crippen LogP contribution < -0.4 is 10.6 Å². The Kier molecular flexibility index (Phi) is 8.27. The van der Waals surface area contributed by atoms with Crippen molar-refractivity contribution in [2.24, 2.45) is 0 Å². The lowest BCUT2D eigenvalue weighted by atomic mass is 10.1. The molecule has 1 unspecified atom stereocenters. The van der Waals surface area contributed by atoms with Crippen LogP contribution in [0.5, 0.6) is 0 Å². The normalized spacial score (nSPS) is 16.3. The van der Waals surface area contributed by atoms with Crippen LogP contribution in [-0.4, -0.2) is 66.7 Å². The predicted octanol–water partition coefficient (Wildman–Crippen LogP) is 0.611. The fraction of sp³-hybridized carbons (Fsp3) is 0.444. The number of benzene rings is 1. The third-order valence-corrected chi connectivity index (χ3v) is 4.32. The molecule has 0 bridgehead atoms. The van der Waals surface area contributed by atoms with E-state index in [-0.39, 0.29) is 30.3 Å². The smallest absolute Gasteiger partial charge is 0.308 e. The second-order valence-electron chi connectivity index (χ2n) is 5.86. The summed E-state index contributed by atoms with van der Waals surface area (Å²) >= 11 is 5.22. The van der Waals surface area contributed by atoms with Gasteiger partial charge in [-0.2, -0.15) is 0 Å². The minimum atomic E-state index is -0.929. The maximum Gasteiger partial charge on any atom is 0.308 e. The highest BCUT2D eigenvalue weighted by atomic mass is 32.1. The lowest BCUT2D eigenvalue weighted by Gasteiger charge is -2.36. The number of hydrogen-bond acceptors (Lipinski definition) is 6. The molecule has 1 atom stereocenters. The monoisotopic (exact) mass is 411 g/mol. The van der Waals surface area contributed by atoms with Crippen molar-refractivity contribution in [1.29, 1.82) is 0 Å². The van der Waals surface area contributed by atoms with Gasteiger partial charge >= 0.3 is 5.97 Å². The van der Waals surface area contributed by atoms with Gasteiger partial charge < -0.3 is 19.7 Å². The maximum atomic E-state index is 13.8. The Morgan fingerprint density at radius 2 is 2.11 bits per heavy atom. The standard InChI is InChI=1S/C18H22FN3O5S/c1-2-26-9-10-27-15(23)11-14-17(25)20-7-8-22(14)18(28)21-16(24)12-5-3-4-6-13(12)19/h3-6,14H,2,7-11H2,1H3,(H,20,25)(H,21,24,28). The van der Waals surface area contributed by atoms with Crippen LogP contribution in [0.3, 0.4) is 0 Å². The first-order valence-electron chi connectivity index (χ1n) is 8.81. The minimum absolute atomic E-state index is 0.0600. The molecule has 1 aliphatic rings. The van der Waals surface area contributed by atoms with Crippen LogP contribution in [0.4, 0.5) is 4.39 Å². The highest BCUT2D eigenvalue weighted by Crippen LogP contribution is 2.12. The van der Waals surface area contributed by atoms with E-state index in [0.717, 1.165) is 6.07 Å². The van der Waals surface area contributed by atoms with Crippen LogP contribution in [0.25, 0.3) is 0 Å². The van der Waals surface area contributed by atoms with Gasteiger partial charge in [0.2, 0.25) is 5.91 Å². The lowest BCUT2D eigenvalue weighted by Crippen LogP contribution is -2.60. The van der Waals surface area contributed by atoms with Crippen molar-refractivity contribution in [2.75, 3.05) is 32.9 Å². The number of esters is 1. The van der Waals surface area contributed by atoms with Crippen LogP contribution in [0.1, 0.15) is 23.7 Å². The topological polar surface area (TPSA) is 97.0 Å². The molecule has 8 nitrogen and oxygen atoms in total. The van der Waals surface area contributed by atoms with E-state index in [1.807, 2.05) is 6.92 Å². The molecule has 10 heteroatoms. The molecular formula is C18H22FN3O5S. The highest BCUT2D eigenvalue weighted by Gasteiger charge is 2.34. The van der Waals surface area contributed by atoms with Gasteiger partial charge in [-0.3, -0.25) is 19.7 Å². The summed E-state index contributed by atoms with van der Waals surface area (Å²) in [5.41, 5.74) is -0.168. The number of amides is 2. The number of ether oxygens (including phenoxy) is 2. The number of carbonyl (C=O) groups excluding carboxylic acids is 3. The van der Waals surface area contributed by atoms with Crippen molar-refractivity contribution in [3.05, 3.63) is 35.6 Å². The zero-order chi connectivity index (χ0) is 20.5. The van der Waals surface area contributed by atoms with Gasteiger partial charge in [-0.05, 0) is 31.3 Å². The van der Waals surface area contributed by atoms with Crippen molar-refractivity contribution in [3.8, 4) is 0 Å². The number of nitrogens with zero attached hydrogens (tertiary/aromatic N) is 1. The highest BCUT2D eigenvalue weighted by molar-refractivity contribution is 7.80. The number of carbonyl (C=O) groups is 3. The van der Waals surface area contributed by atoms with Crippen LogP contribution in [0, 0.1) is 5.82 Å². The van der Waals surface area contributed by atoms with E-state index < -0.39 is 29.6 Å². The van der Waals surface area contributed by atoms with Crippen LogP contribution >= 0.6 is 12.2 Å². The van der Waals surface area contributed by atoms with Crippen molar-refractivity contribution in [1.82, 2.24) is 15.5 Å². The van der Waals surface area contributed by atoms with E-state index >= 15 is 0 Å². The lowest BCUT2D eigenvalue weighted by molar-refractivity contribution is -0.148. The van der Waals surface area contributed by atoms with E-state index in [0.29, 0.717) is 19.7 Å². The summed E-state index contributed by atoms with van der Waals surface area (Å²) in [4.78, 5) is 37.9. The fourth-order valence-electron chi connectivity index (χ4n) is 2.62. The molecule has 0 aliphatic carbocycles. The average molecular weight is 411 g/mol. The molecule has 0 aromatic heterocycles. The van der Waals surface area contributed by atoms with E-state index in [4.69, 9.17) is 21.7 Å². The van der Waals surface area contributed by atoms with Crippen molar-refractivity contribution >= 4 is 35.1 Å². The molecular weight excluding hydrogens is 389 g/mol. The summed E-state index contributed by atoms with van der Waals surface area (Å²) in [5.74, 6) is -2.41. The number of rotatable bonds is 7. The van der Waals surface area contributed by atoms with Crippen LogP contribution in [0.2, 0.25) is 0 Å². The number of nitrogens with one attached hydrogen (secondary N) is 2. The largest absolute Gasteiger partial charge is 0.463 e. The van der Waals surface area contributed by atoms with E-state index in [9.17, 15) is 18.8 Å². The van der Waals surface area contributed by atoms with Crippen molar-refractivity contribution in [2.45, 2.75) is 19.4 Å². The zero-order valence-corrected chi connectivity index (χ0v) is 16.2. The first kappa shape index (κ1) is 21.7. The van der Waals surface area contributed by atoms with Crippen molar-refractivity contribution in [3.63, 3.8) is 0 Å². The second kappa shape index (κ2) is 10.7. The quantitative estimate of drug-likeness (QED) is 0.386. The first-order chi connectivity index (χ1) is 13.4. The molecule has 1 aromatic carbocycles. The number of piperazine rings is 1. The first-order valence-corrected chi connectivity index (χ1v) is 9.22. The average Bonchev–Trinajstić information content (AvgIpc) is 2.67. The third kappa shape index (κ3) is 5.96. The van der Waals surface area contributed by atoms with Gasteiger partial charge in [-0.15, -0.1) is 0 Å². The molecule has 0 spiro atoms. The molecule has 1 heterocycles. The second-order valence-corrected chi connectivity index (χ2v) is 6.25. The molecule has 2 rings (SSSR count). The summed E-state index contributed by atoms with van der Waals surface area (Å²) in [6.45, 7) is 3.26. The van der Waals surface area contributed by atoms with Gasteiger partial charge in [0.1, 0.15) is 18.5 Å². The number of halogens is 1. The molecule has 1 fully saturated rings. The summed E-state index contributed by atoms with van der Waals surface area (Å²) in [5, 5.41) is 5.00. The molecule has 0 radical (unpaired) electrons. The Morgan fingerprint density at radius 3 is 2.82 bits per heavy atom. The fourth-order valence-corrected chi connectivity index (χ4v) is 2.93. The zero-order valence-electron chi connectivity index (χ0n) is 15.4. The minimum Gasteiger partial charge on any atom is -0.463 e. The molecule has 1 saturated heterocycles. The molecule has 0 saturated carbocycles. The van der Waals surface area contributed by atoms with Gasteiger partial charge in [-0.25, -0.2) is 4.39 Å².